The lowest BCUT2D eigenvalue weighted by Gasteiger charge is -2.24. The summed E-state index contributed by atoms with van der Waals surface area (Å²) in [7, 11) is 0. The van der Waals surface area contributed by atoms with Crippen LogP contribution in [0.15, 0.2) is 47.3 Å². The molecular weight excluding hydrogens is 386 g/mol. The van der Waals surface area contributed by atoms with Crippen LogP contribution in [0.2, 0.25) is 5.02 Å². The van der Waals surface area contributed by atoms with Crippen LogP contribution >= 0.6 is 11.6 Å². The molecule has 5 rings (SSSR count). The minimum absolute atomic E-state index is 0.178. The summed E-state index contributed by atoms with van der Waals surface area (Å²) in [6.07, 6.45) is 2.34. The van der Waals surface area contributed by atoms with Gasteiger partial charge in [0, 0.05) is 17.0 Å². The number of anilines is 1. The number of H-pyrrole nitrogens is 2. The maximum absolute atomic E-state index is 13.1. The van der Waals surface area contributed by atoms with Gasteiger partial charge in [-0.2, -0.15) is 0 Å². The van der Waals surface area contributed by atoms with Gasteiger partial charge in [0.05, 0.1) is 22.2 Å². The maximum Gasteiger partial charge on any atom is 0.261 e. The predicted molar refractivity (Wildman–Crippen MR) is 119 cm³/mol. The van der Waals surface area contributed by atoms with Crippen molar-refractivity contribution < 1.29 is 0 Å². The van der Waals surface area contributed by atoms with Crippen LogP contribution < -0.4 is 16.2 Å². The predicted octanol–water partition coefficient (Wildman–Crippen LogP) is 4.14. The monoisotopic (exact) mass is 407 g/mol. The molecule has 0 saturated carbocycles. The maximum atomic E-state index is 13.1. The number of halogens is 1. The van der Waals surface area contributed by atoms with Crippen LogP contribution in [0.3, 0.4) is 0 Å². The van der Waals surface area contributed by atoms with Gasteiger partial charge in [-0.25, -0.2) is 4.98 Å². The van der Waals surface area contributed by atoms with Gasteiger partial charge in [0.2, 0.25) is 0 Å². The number of piperidine rings is 1. The average Bonchev–Trinajstić information content (AvgIpc) is 3.16. The topological polar surface area (TPSA) is 85.6 Å². The normalized spacial score (nSPS) is 17.1. The van der Waals surface area contributed by atoms with E-state index in [0.29, 0.717) is 22.3 Å². The van der Waals surface area contributed by atoms with Crippen LogP contribution in [0.25, 0.3) is 33.3 Å². The molecule has 2 aromatic heterocycles. The lowest BCUT2D eigenvalue weighted by molar-refractivity contribution is 0.393. The largest absolute Gasteiger partial charge is 0.383 e. The molecule has 0 radical (unpaired) electrons. The Bertz CT molecular complexity index is 1210. The Kier molecular flexibility index (Phi) is 4.73. The summed E-state index contributed by atoms with van der Waals surface area (Å²) in [5.74, 6) is 1.07. The number of fused-ring (bicyclic) bond motifs is 2. The van der Waals surface area contributed by atoms with Crippen LogP contribution in [0, 0.1) is 5.92 Å². The van der Waals surface area contributed by atoms with Crippen molar-refractivity contribution in [1.82, 2.24) is 20.3 Å². The second-order valence-corrected chi connectivity index (χ2v) is 8.03. The quantitative estimate of drug-likeness (QED) is 0.409. The summed E-state index contributed by atoms with van der Waals surface area (Å²) in [5.41, 5.74) is 3.59. The molecular formula is C22H22ClN5O. The molecule has 1 atom stereocenters. The summed E-state index contributed by atoms with van der Waals surface area (Å²) in [6.45, 7) is 2.84. The summed E-state index contributed by atoms with van der Waals surface area (Å²) < 4.78 is 0. The fraction of sp³-hybridized carbons (Fsp3) is 0.273. The highest BCUT2D eigenvalue weighted by Gasteiger charge is 2.20. The zero-order valence-electron chi connectivity index (χ0n) is 15.9. The van der Waals surface area contributed by atoms with Crippen LogP contribution in [-0.4, -0.2) is 34.6 Å². The van der Waals surface area contributed by atoms with E-state index in [1.165, 1.54) is 12.8 Å². The summed E-state index contributed by atoms with van der Waals surface area (Å²) >= 11 is 6.29. The first kappa shape index (κ1) is 18.2. The van der Waals surface area contributed by atoms with Crippen LogP contribution in [0.1, 0.15) is 12.8 Å². The molecule has 2 aromatic carbocycles. The van der Waals surface area contributed by atoms with Gasteiger partial charge in [-0.1, -0.05) is 23.7 Å². The molecule has 4 aromatic rings. The summed E-state index contributed by atoms with van der Waals surface area (Å²) in [4.78, 5) is 24.0. The van der Waals surface area contributed by atoms with Gasteiger partial charge in [-0.05, 0) is 62.2 Å². The van der Waals surface area contributed by atoms with Gasteiger partial charge in [0.1, 0.15) is 11.4 Å². The molecule has 1 aliphatic rings. The van der Waals surface area contributed by atoms with E-state index in [1.807, 2.05) is 36.4 Å². The van der Waals surface area contributed by atoms with Gasteiger partial charge in [-0.3, -0.25) is 4.79 Å². The number of hydrogen-bond donors (Lipinski definition) is 4. The third-order valence-electron chi connectivity index (χ3n) is 5.57. The van der Waals surface area contributed by atoms with Crippen molar-refractivity contribution in [3.05, 3.63) is 57.8 Å². The van der Waals surface area contributed by atoms with Gasteiger partial charge in [0.15, 0.2) is 0 Å². The van der Waals surface area contributed by atoms with E-state index in [0.717, 1.165) is 47.3 Å². The molecule has 4 N–H and O–H groups in total. The smallest absolute Gasteiger partial charge is 0.261 e. The van der Waals surface area contributed by atoms with Crippen molar-refractivity contribution in [1.29, 1.82) is 0 Å². The van der Waals surface area contributed by atoms with Gasteiger partial charge >= 0.3 is 0 Å². The molecule has 3 heterocycles. The Hall–Kier alpha value is -2.83. The van der Waals surface area contributed by atoms with Crippen molar-refractivity contribution in [3.8, 4) is 11.4 Å². The molecule has 1 fully saturated rings. The van der Waals surface area contributed by atoms with E-state index in [2.05, 4.69) is 25.6 Å². The molecule has 0 bridgehead atoms. The standard InChI is InChI=1S/C22H22ClN5O/c23-14-7-8-16-15(10-14)20(25-12-13-4-3-9-24-11-13)19(22(29)28-16)21-26-17-5-1-2-6-18(17)27-21/h1-2,5-8,10,13,24H,3-4,9,11-12H2,(H,26,27)(H2,25,28,29)/t13-/m1/s1. The van der Waals surface area contributed by atoms with Crippen molar-refractivity contribution in [2.24, 2.45) is 5.92 Å². The van der Waals surface area contributed by atoms with Gasteiger partial charge < -0.3 is 20.6 Å². The molecule has 1 aliphatic heterocycles. The van der Waals surface area contributed by atoms with Crippen molar-refractivity contribution in [2.75, 3.05) is 25.0 Å². The van der Waals surface area contributed by atoms with E-state index < -0.39 is 0 Å². The number of imidazole rings is 1. The minimum atomic E-state index is -0.178. The molecule has 0 spiro atoms. The summed E-state index contributed by atoms with van der Waals surface area (Å²) in [6, 6.07) is 13.3. The third kappa shape index (κ3) is 3.50. The Morgan fingerprint density at radius 2 is 2.03 bits per heavy atom. The minimum Gasteiger partial charge on any atom is -0.383 e. The van der Waals surface area contributed by atoms with E-state index >= 15 is 0 Å². The number of nitrogens with zero attached hydrogens (tertiary/aromatic N) is 1. The Balaban J connectivity index is 1.66. The first-order valence-electron chi connectivity index (χ1n) is 9.94. The van der Waals surface area contributed by atoms with Crippen LogP contribution in [0.4, 0.5) is 5.69 Å². The number of hydrogen-bond acceptors (Lipinski definition) is 4. The number of aromatic nitrogens is 3. The van der Waals surface area contributed by atoms with E-state index in [1.54, 1.807) is 6.07 Å². The molecule has 1 saturated heterocycles. The second-order valence-electron chi connectivity index (χ2n) is 7.59. The average molecular weight is 408 g/mol. The highest BCUT2D eigenvalue weighted by atomic mass is 35.5. The zero-order valence-corrected chi connectivity index (χ0v) is 16.6. The number of aromatic amines is 2. The third-order valence-corrected chi connectivity index (χ3v) is 5.80. The number of rotatable bonds is 4. The Labute approximate surface area is 172 Å². The van der Waals surface area contributed by atoms with Crippen molar-refractivity contribution >= 4 is 39.2 Å². The molecule has 6 nitrogen and oxygen atoms in total. The lowest BCUT2D eigenvalue weighted by Crippen LogP contribution is -2.33. The second kappa shape index (κ2) is 7.54. The van der Waals surface area contributed by atoms with Crippen molar-refractivity contribution in [3.63, 3.8) is 0 Å². The fourth-order valence-electron chi connectivity index (χ4n) is 4.09. The van der Waals surface area contributed by atoms with E-state index in [9.17, 15) is 4.79 Å². The molecule has 29 heavy (non-hydrogen) atoms. The zero-order chi connectivity index (χ0) is 19.8. The number of pyridine rings is 1. The molecule has 0 amide bonds. The summed E-state index contributed by atoms with van der Waals surface area (Å²) in [5, 5.41) is 8.52. The molecule has 7 heteroatoms. The number of benzene rings is 2. The first-order chi connectivity index (χ1) is 14.2. The van der Waals surface area contributed by atoms with Crippen molar-refractivity contribution in [2.45, 2.75) is 12.8 Å². The van der Waals surface area contributed by atoms with Crippen LogP contribution in [-0.2, 0) is 0 Å². The van der Waals surface area contributed by atoms with E-state index in [4.69, 9.17) is 11.6 Å². The number of para-hydroxylation sites is 2. The molecule has 148 valence electrons. The first-order valence-corrected chi connectivity index (χ1v) is 10.3. The fourth-order valence-corrected chi connectivity index (χ4v) is 4.26. The van der Waals surface area contributed by atoms with Gasteiger partial charge in [-0.15, -0.1) is 0 Å². The SMILES string of the molecule is O=c1[nH]c2ccc(Cl)cc2c(NC[C@@H]2CCCNC2)c1-c1nc2ccccc2[nH]1. The highest BCUT2D eigenvalue weighted by Crippen LogP contribution is 2.32. The lowest BCUT2D eigenvalue weighted by atomic mass is 9.99. The number of nitrogens with one attached hydrogen (secondary N) is 4. The molecule has 0 aliphatic carbocycles. The Morgan fingerprint density at radius 1 is 1.14 bits per heavy atom. The molecule has 0 unspecified atom stereocenters. The van der Waals surface area contributed by atoms with Crippen LogP contribution in [0.5, 0.6) is 0 Å². The van der Waals surface area contributed by atoms with E-state index in [-0.39, 0.29) is 5.56 Å². The Morgan fingerprint density at radius 3 is 2.86 bits per heavy atom. The van der Waals surface area contributed by atoms with Gasteiger partial charge in [0.25, 0.3) is 5.56 Å². The highest BCUT2D eigenvalue weighted by molar-refractivity contribution is 6.31.